The number of aromatic nitrogens is 2. The number of piperidine rings is 1. The number of nitrogens with zero attached hydrogens (tertiary/aromatic N) is 4. The van der Waals surface area contributed by atoms with Crippen LogP contribution in [0.15, 0.2) is 36.5 Å². The molecule has 32 heavy (non-hydrogen) atoms. The minimum atomic E-state index is -0.314. The summed E-state index contributed by atoms with van der Waals surface area (Å²) in [6.45, 7) is 2.42. The quantitative estimate of drug-likeness (QED) is 0.653. The second-order valence-electron chi connectivity index (χ2n) is 8.39. The van der Waals surface area contributed by atoms with Crippen LogP contribution in [0.2, 0.25) is 0 Å². The number of anilines is 1. The number of hydrogen-bond donors (Lipinski definition) is 1. The zero-order valence-electron chi connectivity index (χ0n) is 18.3. The van der Waals surface area contributed by atoms with Crippen LogP contribution in [-0.2, 0) is 14.3 Å². The number of benzene rings is 1. The molecule has 0 bridgehead atoms. The van der Waals surface area contributed by atoms with Gasteiger partial charge in [-0.05, 0) is 25.0 Å². The fraction of sp³-hybridized carbons (Fsp3) is 0.478. The maximum Gasteiger partial charge on any atom is 0.227 e. The van der Waals surface area contributed by atoms with Gasteiger partial charge in [0, 0.05) is 45.6 Å². The van der Waals surface area contributed by atoms with Gasteiger partial charge in [0.25, 0.3) is 0 Å². The summed E-state index contributed by atoms with van der Waals surface area (Å²) in [5, 5.41) is 4.29. The Morgan fingerprint density at radius 1 is 1.16 bits per heavy atom. The molecule has 1 aromatic carbocycles. The van der Waals surface area contributed by atoms with Gasteiger partial charge in [0.2, 0.25) is 11.8 Å². The van der Waals surface area contributed by atoms with E-state index in [2.05, 4.69) is 5.10 Å². The largest absolute Gasteiger partial charge is 0.383 e. The molecule has 0 spiro atoms. The minimum absolute atomic E-state index is 0.000534. The van der Waals surface area contributed by atoms with Gasteiger partial charge < -0.3 is 20.3 Å². The van der Waals surface area contributed by atoms with E-state index in [-0.39, 0.29) is 35.9 Å². The summed E-state index contributed by atoms with van der Waals surface area (Å²) in [6.07, 6.45) is 2.93. The first-order valence-corrected chi connectivity index (χ1v) is 11.0. The Morgan fingerprint density at radius 3 is 2.56 bits per heavy atom. The molecule has 2 aromatic rings. The fourth-order valence-corrected chi connectivity index (χ4v) is 4.52. The number of rotatable bonds is 7. The number of para-hydroxylation sites is 1. The molecule has 2 aliphatic rings. The molecule has 1 aromatic heterocycles. The van der Waals surface area contributed by atoms with Crippen LogP contribution in [0.5, 0.6) is 0 Å². The Kier molecular flexibility index (Phi) is 6.55. The molecule has 2 saturated heterocycles. The number of nitrogen functional groups attached to an aromatic ring is 1. The number of hydrogen-bond acceptors (Lipinski definition) is 6. The first-order chi connectivity index (χ1) is 15.5. The average Bonchev–Trinajstić information content (AvgIpc) is 3.39. The number of carbonyl (C=O) groups is 3. The number of likely N-dealkylation sites (tertiary alicyclic amines) is 2. The number of amides is 2. The summed E-state index contributed by atoms with van der Waals surface area (Å²) in [7, 11) is 1.59. The highest BCUT2D eigenvalue weighted by molar-refractivity contribution is 6.02. The van der Waals surface area contributed by atoms with Crippen LogP contribution in [0.1, 0.15) is 29.6 Å². The van der Waals surface area contributed by atoms with E-state index in [4.69, 9.17) is 10.5 Å². The number of ether oxygens (including phenoxy) is 1. The van der Waals surface area contributed by atoms with Crippen molar-refractivity contribution >= 4 is 23.4 Å². The summed E-state index contributed by atoms with van der Waals surface area (Å²) < 4.78 is 6.60. The molecule has 3 heterocycles. The lowest BCUT2D eigenvalue weighted by Gasteiger charge is -2.32. The molecule has 0 aliphatic carbocycles. The summed E-state index contributed by atoms with van der Waals surface area (Å²) in [6, 6.07) is 9.44. The lowest BCUT2D eigenvalue weighted by atomic mass is 9.89. The molecule has 2 fully saturated rings. The highest BCUT2D eigenvalue weighted by Gasteiger charge is 2.38. The van der Waals surface area contributed by atoms with E-state index < -0.39 is 0 Å². The van der Waals surface area contributed by atoms with Crippen molar-refractivity contribution in [1.82, 2.24) is 19.6 Å². The van der Waals surface area contributed by atoms with E-state index in [0.29, 0.717) is 57.0 Å². The number of methoxy groups -OCH3 is 1. The third kappa shape index (κ3) is 4.38. The zero-order chi connectivity index (χ0) is 22.7. The molecule has 4 rings (SSSR count). The fourth-order valence-electron chi connectivity index (χ4n) is 4.52. The highest BCUT2D eigenvalue weighted by atomic mass is 16.5. The van der Waals surface area contributed by atoms with Crippen LogP contribution >= 0.6 is 0 Å². The molecule has 9 heteroatoms. The van der Waals surface area contributed by atoms with Gasteiger partial charge in [-0.3, -0.25) is 14.4 Å². The molecule has 170 valence electrons. The number of carbonyl (C=O) groups excluding carboxylic acids is 3. The topological polar surface area (TPSA) is 111 Å². The second kappa shape index (κ2) is 9.52. The predicted molar refractivity (Wildman–Crippen MR) is 118 cm³/mol. The molecular formula is C23H29N5O4. The van der Waals surface area contributed by atoms with Crippen LogP contribution < -0.4 is 5.73 Å². The highest BCUT2D eigenvalue weighted by Crippen LogP contribution is 2.28. The van der Waals surface area contributed by atoms with Crippen molar-refractivity contribution in [2.24, 2.45) is 11.8 Å². The molecule has 0 unspecified atom stereocenters. The van der Waals surface area contributed by atoms with Gasteiger partial charge in [-0.15, -0.1) is 0 Å². The molecular weight excluding hydrogens is 410 g/mol. The average molecular weight is 440 g/mol. The maximum atomic E-state index is 13.1. The molecule has 1 atom stereocenters. The van der Waals surface area contributed by atoms with Gasteiger partial charge in [-0.2, -0.15) is 5.10 Å². The van der Waals surface area contributed by atoms with E-state index in [9.17, 15) is 14.4 Å². The van der Waals surface area contributed by atoms with Crippen molar-refractivity contribution in [2.45, 2.75) is 19.3 Å². The number of ketones is 1. The Hall–Kier alpha value is -3.20. The monoisotopic (exact) mass is 439 g/mol. The Labute approximate surface area is 187 Å². The van der Waals surface area contributed by atoms with Gasteiger partial charge in [-0.25, -0.2) is 4.68 Å². The van der Waals surface area contributed by atoms with E-state index in [1.165, 1.54) is 6.20 Å². The van der Waals surface area contributed by atoms with Gasteiger partial charge in [-0.1, -0.05) is 18.2 Å². The van der Waals surface area contributed by atoms with Gasteiger partial charge >= 0.3 is 0 Å². The molecule has 9 nitrogen and oxygen atoms in total. The lowest BCUT2D eigenvalue weighted by molar-refractivity contribution is -0.137. The molecule has 2 amide bonds. The summed E-state index contributed by atoms with van der Waals surface area (Å²) in [5.74, 6) is -0.208. The minimum Gasteiger partial charge on any atom is -0.383 e. The molecule has 0 radical (unpaired) electrons. The Bertz CT molecular complexity index is 982. The first kappa shape index (κ1) is 22.0. The predicted octanol–water partition coefficient (Wildman–Crippen LogP) is 1.37. The Morgan fingerprint density at radius 2 is 1.88 bits per heavy atom. The van der Waals surface area contributed by atoms with E-state index in [0.717, 1.165) is 5.69 Å². The van der Waals surface area contributed by atoms with Crippen LogP contribution in [0.4, 0.5) is 5.82 Å². The van der Waals surface area contributed by atoms with Crippen LogP contribution in [-0.4, -0.2) is 77.1 Å². The first-order valence-electron chi connectivity index (χ1n) is 11.0. The van der Waals surface area contributed by atoms with Crippen molar-refractivity contribution in [3.05, 3.63) is 42.1 Å². The van der Waals surface area contributed by atoms with Crippen molar-refractivity contribution in [3.63, 3.8) is 0 Å². The maximum absolute atomic E-state index is 13.1. The van der Waals surface area contributed by atoms with Crippen molar-refractivity contribution in [3.8, 4) is 5.69 Å². The molecule has 0 saturated carbocycles. The van der Waals surface area contributed by atoms with Crippen LogP contribution in [0.25, 0.3) is 5.69 Å². The summed E-state index contributed by atoms with van der Waals surface area (Å²) >= 11 is 0. The third-order valence-corrected chi connectivity index (χ3v) is 6.38. The van der Waals surface area contributed by atoms with Gasteiger partial charge in [0.1, 0.15) is 5.82 Å². The van der Waals surface area contributed by atoms with Crippen LogP contribution in [0.3, 0.4) is 0 Å². The lowest BCUT2D eigenvalue weighted by Crippen LogP contribution is -2.43. The summed E-state index contributed by atoms with van der Waals surface area (Å²) in [5.41, 5.74) is 7.46. The number of Topliss-reactive ketones (excluding diaryl/α,β-unsaturated/α-hetero) is 1. The molecule has 2 aliphatic heterocycles. The van der Waals surface area contributed by atoms with E-state index in [1.54, 1.807) is 21.6 Å². The van der Waals surface area contributed by atoms with Crippen molar-refractivity contribution < 1.29 is 19.1 Å². The summed E-state index contributed by atoms with van der Waals surface area (Å²) in [4.78, 5) is 41.6. The van der Waals surface area contributed by atoms with E-state index in [1.807, 2.05) is 30.3 Å². The van der Waals surface area contributed by atoms with E-state index >= 15 is 0 Å². The smallest absolute Gasteiger partial charge is 0.227 e. The number of nitrogens with two attached hydrogens (primary N) is 1. The van der Waals surface area contributed by atoms with Crippen molar-refractivity contribution in [2.75, 3.05) is 45.6 Å². The standard InChI is InChI=1S/C23H29N5O4/c1-32-12-11-27-15-17(13-20(27)29)23(31)26-9-7-16(8-10-26)21(30)19-14-25-28(22(19)24)18-5-3-2-4-6-18/h2-6,14,16-17H,7-13,15,24H2,1H3/t17-/m0/s1. The Balaban J connectivity index is 1.34. The van der Waals surface area contributed by atoms with Gasteiger partial charge in [0.05, 0.1) is 30.0 Å². The second-order valence-corrected chi connectivity index (χ2v) is 8.39. The SMILES string of the molecule is COCCN1C[C@@H](C(=O)N2CCC(C(=O)c3cnn(-c4ccccc4)c3N)CC2)CC1=O. The third-order valence-electron chi connectivity index (χ3n) is 6.38. The van der Waals surface area contributed by atoms with Crippen molar-refractivity contribution in [1.29, 1.82) is 0 Å². The normalized spacial score (nSPS) is 19.5. The van der Waals surface area contributed by atoms with Gasteiger partial charge in [0.15, 0.2) is 5.78 Å². The zero-order valence-corrected chi connectivity index (χ0v) is 18.3. The van der Waals surface area contributed by atoms with Crippen LogP contribution in [0, 0.1) is 11.8 Å². The molecule has 2 N–H and O–H groups in total.